The van der Waals surface area contributed by atoms with Gasteiger partial charge in [-0.2, -0.15) is 0 Å². The number of hydrogen-bond acceptors (Lipinski definition) is 4. The number of nitrogens with zero attached hydrogens (tertiary/aromatic N) is 4. The maximum Gasteiger partial charge on any atom is 0.222 e. The summed E-state index contributed by atoms with van der Waals surface area (Å²) in [5, 5.41) is 0. The number of aromatic nitrogens is 1. The van der Waals surface area contributed by atoms with E-state index in [4.69, 9.17) is 0 Å². The van der Waals surface area contributed by atoms with Gasteiger partial charge >= 0.3 is 0 Å². The SMILES string of the molecule is CN1CCCCC1CCC(=O)N1CCN(c2ccncc2)CC1. The Labute approximate surface area is 139 Å². The average Bonchev–Trinajstić information content (AvgIpc) is 2.62. The lowest BCUT2D eigenvalue weighted by atomic mass is 9.98. The summed E-state index contributed by atoms with van der Waals surface area (Å²) >= 11 is 0. The Morgan fingerprint density at radius 2 is 1.87 bits per heavy atom. The minimum absolute atomic E-state index is 0.332. The van der Waals surface area contributed by atoms with E-state index in [2.05, 4.69) is 21.8 Å². The minimum Gasteiger partial charge on any atom is -0.368 e. The largest absolute Gasteiger partial charge is 0.368 e. The number of piperidine rings is 1. The lowest BCUT2D eigenvalue weighted by Gasteiger charge is -2.37. The maximum absolute atomic E-state index is 12.5. The summed E-state index contributed by atoms with van der Waals surface area (Å²) in [5.41, 5.74) is 1.20. The van der Waals surface area contributed by atoms with Crippen molar-refractivity contribution in [2.75, 3.05) is 44.7 Å². The van der Waals surface area contributed by atoms with E-state index in [1.165, 1.54) is 31.5 Å². The van der Waals surface area contributed by atoms with Crippen LogP contribution in [0.5, 0.6) is 0 Å². The second-order valence-corrected chi connectivity index (χ2v) is 6.74. The number of amides is 1. The molecule has 2 fully saturated rings. The molecule has 2 saturated heterocycles. The molecule has 0 spiro atoms. The molecule has 0 bridgehead atoms. The van der Waals surface area contributed by atoms with E-state index in [-0.39, 0.29) is 0 Å². The maximum atomic E-state index is 12.5. The third-order valence-electron chi connectivity index (χ3n) is 5.27. The van der Waals surface area contributed by atoms with Crippen LogP contribution in [0.1, 0.15) is 32.1 Å². The summed E-state index contributed by atoms with van der Waals surface area (Å²) in [6.45, 7) is 4.69. The van der Waals surface area contributed by atoms with E-state index >= 15 is 0 Å². The van der Waals surface area contributed by atoms with E-state index in [1.54, 1.807) is 0 Å². The van der Waals surface area contributed by atoms with Gasteiger partial charge in [0.05, 0.1) is 0 Å². The molecular weight excluding hydrogens is 288 g/mol. The molecule has 1 atom stereocenters. The van der Waals surface area contributed by atoms with Gasteiger partial charge in [-0.25, -0.2) is 0 Å². The van der Waals surface area contributed by atoms with Crippen LogP contribution in [0.3, 0.4) is 0 Å². The smallest absolute Gasteiger partial charge is 0.222 e. The molecule has 0 aromatic carbocycles. The van der Waals surface area contributed by atoms with Crippen LogP contribution in [0.25, 0.3) is 0 Å². The second kappa shape index (κ2) is 7.77. The van der Waals surface area contributed by atoms with Crippen molar-refractivity contribution in [2.24, 2.45) is 0 Å². The van der Waals surface area contributed by atoms with Crippen LogP contribution in [0.4, 0.5) is 5.69 Å². The summed E-state index contributed by atoms with van der Waals surface area (Å²) < 4.78 is 0. The lowest BCUT2D eigenvalue weighted by molar-refractivity contribution is -0.131. The molecule has 23 heavy (non-hydrogen) atoms. The number of anilines is 1. The lowest BCUT2D eigenvalue weighted by Crippen LogP contribution is -2.49. The van der Waals surface area contributed by atoms with Crippen LogP contribution in [0, 0.1) is 0 Å². The van der Waals surface area contributed by atoms with Gasteiger partial charge in [0.2, 0.25) is 5.91 Å². The van der Waals surface area contributed by atoms with E-state index in [1.807, 2.05) is 29.4 Å². The molecule has 2 aliphatic rings. The molecule has 1 amide bonds. The first-order chi connectivity index (χ1) is 11.2. The normalized spacial score (nSPS) is 23.1. The Bertz CT molecular complexity index is 499. The highest BCUT2D eigenvalue weighted by molar-refractivity contribution is 5.76. The molecule has 1 unspecified atom stereocenters. The van der Waals surface area contributed by atoms with Crippen molar-refractivity contribution < 1.29 is 4.79 Å². The third kappa shape index (κ3) is 4.22. The zero-order valence-corrected chi connectivity index (χ0v) is 14.2. The van der Waals surface area contributed by atoms with Crippen LogP contribution in [-0.4, -0.2) is 66.5 Å². The van der Waals surface area contributed by atoms with E-state index < -0.39 is 0 Å². The first-order valence-electron chi connectivity index (χ1n) is 8.87. The molecule has 126 valence electrons. The van der Waals surface area contributed by atoms with Crippen LogP contribution >= 0.6 is 0 Å². The van der Waals surface area contributed by atoms with Crippen LogP contribution in [0.2, 0.25) is 0 Å². The minimum atomic E-state index is 0.332. The van der Waals surface area contributed by atoms with Crippen molar-refractivity contribution in [3.05, 3.63) is 24.5 Å². The molecule has 0 radical (unpaired) electrons. The summed E-state index contributed by atoms with van der Waals surface area (Å²) in [6.07, 6.45) is 9.23. The summed E-state index contributed by atoms with van der Waals surface area (Å²) in [7, 11) is 2.20. The zero-order chi connectivity index (χ0) is 16.1. The molecule has 0 saturated carbocycles. The predicted octanol–water partition coefficient (Wildman–Crippen LogP) is 1.99. The van der Waals surface area contributed by atoms with Gasteiger partial charge in [-0.3, -0.25) is 9.78 Å². The molecular formula is C18H28N4O. The molecule has 1 aromatic rings. The Morgan fingerprint density at radius 3 is 2.57 bits per heavy atom. The van der Waals surface area contributed by atoms with E-state index in [0.717, 1.165) is 32.6 Å². The van der Waals surface area contributed by atoms with Crippen molar-refractivity contribution in [3.8, 4) is 0 Å². The fourth-order valence-corrected chi connectivity index (χ4v) is 3.73. The summed E-state index contributed by atoms with van der Waals surface area (Å²) in [4.78, 5) is 23.3. The van der Waals surface area contributed by atoms with Gasteiger partial charge in [0.25, 0.3) is 0 Å². The van der Waals surface area contributed by atoms with Gasteiger partial charge in [0.15, 0.2) is 0 Å². The van der Waals surface area contributed by atoms with Gasteiger partial charge in [0.1, 0.15) is 0 Å². The van der Waals surface area contributed by atoms with Gasteiger partial charge in [-0.1, -0.05) is 6.42 Å². The van der Waals surface area contributed by atoms with Gasteiger partial charge < -0.3 is 14.7 Å². The van der Waals surface area contributed by atoms with Crippen molar-refractivity contribution in [1.29, 1.82) is 0 Å². The fraction of sp³-hybridized carbons (Fsp3) is 0.667. The Kier molecular flexibility index (Phi) is 5.49. The number of carbonyl (C=O) groups is 1. The van der Waals surface area contributed by atoms with Crippen LogP contribution < -0.4 is 4.90 Å². The molecule has 0 N–H and O–H groups in total. The monoisotopic (exact) mass is 316 g/mol. The van der Waals surface area contributed by atoms with Crippen molar-refractivity contribution >= 4 is 11.6 Å². The topological polar surface area (TPSA) is 39.7 Å². The van der Waals surface area contributed by atoms with Gasteiger partial charge in [0, 0.05) is 56.7 Å². The average molecular weight is 316 g/mol. The first kappa shape index (κ1) is 16.2. The number of hydrogen-bond donors (Lipinski definition) is 0. The highest BCUT2D eigenvalue weighted by Gasteiger charge is 2.24. The number of rotatable bonds is 4. The number of likely N-dealkylation sites (tertiary alicyclic amines) is 1. The quantitative estimate of drug-likeness (QED) is 0.852. The molecule has 2 aliphatic heterocycles. The van der Waals surface area contributed by atoms with Crippen LogP contribution in [-0.2, 0) is 4.79 Å². The summed E-state index contributed by atoms with van der Waals surface area (Å²) in [6, 6.07) is 4.68. The van der Waals surface area contributed by atoms with E-state index in [9.17, 15) is 4.79 Å². The summed E-state index contributed by atoms with van der Waals surface area (Å²) in [5.74, 6) is 0.332. The second-order valence-electron chi connectivity index (χ2n) is 6.74. The Morgan fingerprint density at radius 1 is 1.13 bits per heavy atom. The van der Waals surface area contributed by atoms with Crippen LogP contribution in [0.15, 0.2) is 24.5 Å². The molecule has 3 heterocycles. The third-order valence-corrected chi connectivity index (χ3v) is 5.27. The first-order valence-corrected chi connectivity index (χ1v) is 8.87. The van der Waals surface area contributed by atoms with Crippen molar-refractivity contribution in [1.82, 2.24) is 14.8 Å². The van der Waals surface area contributed by atoms with Gasteiger partial charge in [-0.15, -0.1) is 0 Å². The highest BCUT2D eigenvalue weighted by atomic mass is 16.2. The standard InChI is InChI=1S/C18H28N4O/c1-20-11-3-2-4-16(20)5-6-18(23)22-14-12-21(13-15-22)17-7-9-19-10-8-17/h7-10,16H,2-6,11-15H2,1H3. The molecule has 5 nitrogen and oxygen atoms in total. The van der Waals surface area contributed by atoms with Crippen molar-refractivity contribution in [3.63, 3.8) is 0 Å². The molecule has 0 aliphatic carbocycles. The Balaban J connectivity index is 1.43. The van der Waals surface area contributed by atoms with Gasteiger partial charge in [-0.05, 0) is 45.0 Å². The molecule has 3 rings (SSSR count). The number of carbonyl (C=O) groups excluding carboxylic acids is 1. The highest BCUT2D eigenvalue weighted by Crippen LogP contribution is 2.20. The van der Waals surface area contributed by atoms with E-state index in [0.29, 0.717) is 18.4 Å². The number of piperazine rings is 1. The molecule has 1 aromatic heterocycles. The number of pyridine rings is 1. The predicted molar refractivity (Wildman–Crippen MR) is 92.5 cm³/mol. The fourth-order valence-electron chi connectivity index (χ4n) is 3.73. The molecule has 5 heteroatoms. The zero-order valence-electron chi connectivity index (χ0n) is 14.2. The Hall–Kier alpha value is -1.62. The van der Waals surface area contributed by atoms with Crippen molar-refractivity contribution in [2.45, 2.75) is 38.1 Å².